The number of nitrogens with zero attached hydrogens (tertiary/aromatic N) is 3. The predicted molar refractivity (Wildman–Crippen MR) is 93.2 cm³/mol. The predicted octanol–water partition coefficient (Wildman–Crippen LogP) is 5.62. The number of aliphatic imine (C=N–C) groups is 1. The van der Waals surface area contributed by atoms with E-state index in [9.17, 15) is 0 Å². The van der Waals surface area contributed by atoms with Gasteiger partial charge in [-0.3, -0.25) is 4.99 Å². The van der Waals surface area contributed by atoms with Crippen LogP contribution in [0, 0.1) is 39.9 Å². The smallest absolute Gasteiger partial charge is 0.143 e. The minimum Gasteiger partial charge on any atom is -0.279 e. The van der Waals surface area contributed by atoms with Crippen LogP contribution in [0.3, 0.4) is 0 Å². The van der Waals surface area contributed by atoms with Crippen molar-refractivity contribution in [2.24, 2.45) is 22.2 Å². The summed E-state index contributed by atoms with van der Waals surface area (Å²) in [5, 5.41) is 17.2. The van der Waals surface area contributed by atoms with E-state index in [2.05, 4.69) is 51.5 Å². The fraction of sp³-hybridized carbons (Fsp3) is 0.833. The topological polar surface area (TPSA) is 59.9 Å². The molecule has 0 spiro atoms. The Morgan fingerprint density at radius 2 is 1.29 bits per heavy atom. The van der Waals surface area contributed by atoms with Crippen molar-refractivity contribution in [1.29, 1.82) is 10.5 Å². The molecular formula is C18H35N3. The molecule has 0 saturated carbocycles. The first-order chi connectivity index (χ1) is 9.51. The maximum atomic E-state index is 8.65. The van der Waals surface area contributed by atoms with Crippen LogP contribution in [-0.2, 0) is 0 Å². The van der Waals surface area contributed by atoms with Crippen molar-refractivity contribution in [3.8, 4) is 12.1 Å². The first kappa shape index (κ1) is 24.7. The zero-order valence-electron chi connectivity index (χ0n) is 15.6. The van der Waals surface area contributed by atoms with Crippen LogP contribution in [0.25, 0.3) is 0 Å². The summed E-state index contributed by atoms with van der Waals surface area (Å²) in [6.07, 6.45) is 1.77. The maximum absolute atomic E-state index is 8.65. The Labute approximate surface area is 133 Å². The van der Waals surface area contributed by atoms with E-state index in [1.807, 2.05) is 27.7 Å². The van der Waals surface area contributed by atoms with Crippen molar-refractivity contribution in [2.45, 2.75) is 80.7 Å². The molecule has 0 aromatic heterocycles. The Kier molecular flexibility index (Phi) is 14.6. The summed E-state index contributed by atoms with van der Waals surface area (Å²) in [7, 11) is 0. The van der Waals surface area contributed by atoms with Gasteiger partial charge in [0.1, 0.15) is 5.54 Å². The quantitative estimate of drug-likeness (QED) is 0.617. The SMILES string of the molecule is C=NC(C)(C#N)CC(C)C.CC.CC(C)CC(C)(C)C#N. The molecule has 0 radical (unpaired) electrons. The van der Waals surface area contributed by atoms with Gasteiger partial charge in [-0.15, -0.1) is 0 Å². The van der Waals surface area contributed by atoms with Crippen LogP contribution >= 0.6 is 0 Å². The second-order valence-electron chi connectivity index (χ2n) is 6.74. The molecule has 0 heterocycles. The van der Waals surface area contributed by atoms with E-state index < -0.39 is 5.54 Å². The summed E-state index contributed by atoms with van der Waals surface area (Å²) in [5.74, 6) is 1.12. The van der Waals surface area contributed by atoms with Gasteiger partial charge in [0.15, 0.2) is 0 Å². The summed E-state index contributed by atoms with van der Waals surface area (Å²) < 4.78 is 0. The third kappa shape index (κ3) is 16.6. The maximum Gasteiger partial charge on any atom is 0.143 e. The molecule has 0 aliphatic rings. The lowest BCUT2D eigenvalue weighted by Gasteiger charge is -2.17. The number of nitriles is 2. The molecule has 0 saturated heterocycles. The molecule has 0 aliphatic heterocycles. The first-order valence-corrected chi connectivity index (χ1v) is 7.82. The van der Waals surface area contributed by atoms with Crippen LogP contribution in [0.4, 0.5) is 0 Å². The summed E-state index contributed by atoms with van der Waals surface area (Å²) in [4.78, 5) is 3.77. The molecule has 1 atom stereocenters. The second-order valence-corrected chi connectivity index (χ2v) is 6.74. The molecule has 0 fully saturated rings. The zero-order chi connectivity index (χ0) is 17.7. The van der Waals surface area contributed by atoms with Crippen molar-refractivity contribution in [3.05, 3.63) is 0 Å². The van der Waals surface area contributed by atoms with Gasteiger partial charge in [0, 0.05) is 0 Å². The van der Waals surface area contributed by atoms with Gasteiger partial charge >= 0.3 is 0 Å². The summed E-state index contributed by atoms with van der Waals surface area (Å²) in [5.41, 5.74) is -0.706. The van der Waals surface area contributed by atoms with E-state index >= 15 is 0 Å². The van der Waals surface area contributed by atoms with E-state index in [1.165, 1.54) is 0 Å². The molecule has 0 aliphatic carbocycles. The van der Waals surface area contributed by atoms with E-state index in [-0.39, 0.29) is 5.41 Å². The highest BCUT2D eigenvalue weighted by Gasteiger charge is 2.21. The molecule has 0 bridgehead atoms. The van der Waals surface area contributed by atoms with Gasteiger partial charge < -0.3 is 0 Å². The largest absolute Gasteiger partial charge is 0.279 e. The van der Waals surface area contributed by atoms with Crippen LogP contribution in [0.1, 0.15) is 75.2 Å². The lowest BCUT2D eigenvalue weighted by Crippen LogP contribution is -2.20. The molecule has 3 heteroatoms. The molecule has 21 heavy (non-hydrogen) atoms. The molecular weight excluding hydrogens is 258 g/mol. The van der Waals surface area contributed by atoms with E-state index in [0.717, 1.165) is 12.8 Å². The highest BCUT2D eigenvalue weighted by Crippen LogP contribution is 2.23. The van der Waals surface area contributed by atoms with Crippen LogP contribution in [-0.4, -0.2) is 12.3 Å². The molecule has 122 valence electrons. The third-order valence-electron chi connectivity index (χ3n) is 2.62. The molecule has 0 rings (SSSR count). The number of rotatable bonds is 5. The first-order valence-electron chi connectivity index (χ1n) is 7.82. The normalized spacial score (nSPS) is 12.8. The lowest BCUT2D eigenvalue weighted by atomic mass is 9.86. The van der Waals surface area contributed by atoms with Gasteiger partial charge in [0.05, 0.1) is 17.6 Å². The van der Waals surface area contributed by atoms with Crippen molar-refractivity contribution in [1.82, 2.24) is 0 Å². The summed E-state index contributed by atoms with van der Waals surface area (Å²) in [6.45, 7) is 21.6. The van der Waals surface area contributed by atoms with Gasteiger partial charge in [-0.1, -0.05) is 41.5 Å². The van der Waals surface area contributed by atoms with Crippen LogP contribution in [0.2, 0.25) is 0 Å². The fourth-order valence-corrected chi connectivity index (χ4v) is 2.01. The summed E-state index contributed by atoms with van der Waals surface area (Å²) in [6, 6.07) is 4.40. The van der Waals surface area contributed by atoms with Gasteiger partial charge in [-0.25, -0.2) is 0 Å². The second kappa shape index (κ2) is 12.4. The Morgan fingerprint density at radius 3 is 1.38 bits per heavy atom. The van der Waals surface area contributed by atoms with Crippen molar-refractivity contribution >= 4 is 6.72 Å². The van der Waals surface area contributed by atoms with Crippen molar-refractivity contribution in [3.63, 3.8) is 0 Å². The highest BCUT2D eigenvalue weighted by molar-refractivity contribution is 5.28. The molecule has 0 aromatic carbocycles. The minimum absolute atomic E-state index is 0.131. The Hall–Kier alpha value is -1.35. The van der Waals surface area contributed by atoms with Gasteiger partial charge in [0.25, 0.3) is 0 Å². The number of hydrogen-bond acceptors (Lipinski definition) is 3. The summed E-state index contributed by atoms with van der Waals surface area (Å²) >= 11 is 0. The standard InChI is InChI=1S/C8H14N2.C8H15N.C2H6/c1-7(2)5-8(3,6-9)10-4;1-7(2)5-8(3,4)6-9;1-2/h7H,4-5H2,1-3H3;7H,5H2,1-4H3;1-2H3. The molecule has 3 nitrogen and oxygen atoms in total. The third-order valence-corrected chi connectivity index (χ3v) is 2.62. The zero-order valence-corrected chi connectivity index (χ0v) is 15.6. The van der Waals surface area contributed by atoms with Gasteiger partial charge in [-0.2, -0.15) is 10.5 Å². The molecule has 0 aromatic rings. The van der Waals surface area contributed by atoms with Crippen LogP contribution in [0.15, 0.2) is 4.99 Å². The van der Waals surface area contributed by atoms with Gasteiger partial charge in [0.2, 0.25) is 0 Å². The fourth-order valence-electron chi connectivity index (χ4n) is 2.01. The number of hydrogen-bond donors (Lipinski definition) is 0. The average Bonchev–Trinajstić information content (AvgIpc) is 2.39. The van der Waals surface area contributed by atoms with Crippen LogP contribution < -0.4 is 0 Å². The Morgan fingerprint density at radius 1 is 0.905 bits per heavy atom. The molecule has 0 N–H and O–H groups in total. The van der Waals surface area contributed by atoms with Crippen molar-refractivity contribution in [2.75, 3.05) is 0 Å². The Bertz CT molecular complexity index is 342. The van der Waals surface area contributed by atoms with E-state index in [0.29, 0.717) is 11.8 Å². The Balaban J connectivity index is -0.000000277. The van der Waals surface area contributed by atoms with E-state index in [1.54, 1.807) is 6.92 Å². The lowest BCUT2D eigenvalue weighted by molar-refractivity contribution is 0.377. The highest BCUT2D eigenvalue weighted by atomic mass is 14.8. The van der Waals surface area contributed by atoms with Crippen LogP contribution in [0.5, 0.6) is 0 Å². The average molecular weight is 293 g/mol. The minimum atomic E-state index is -0.575. The van der Waals surface area contributed by atoms with E-state index in [4.69, 9.17) is 10.5 Å². The van der Waals surface area contributed by atoms with Gasteiger partial charge in [-0.05, 0) is 52.2 Å². The molecule has 1 unspecified atom stereocenters. The van der Waals surface area contributed by atoms with Crippen molar-refractivity contribution < 1.29 is 0 Å². The monoisotopic (exact) mass is 293 g/mol. The molecule has 0 amide bonds.